The normalized spacial score (nSPS) is 10.8. The number of para-hydroxylation sites is 1. The fraction of sp³-hybridized carbons (Fsp3) is 0.250. The molecule has 4 heteroatoms. The number of hydrogen-bond acceptors (Lipinski definition) is 2. The van der Waals surface area contributed by atoms with Crippen LogP contribution in [0.3, 0.4) is 0 Å². The van der Waals surface area contributed by atoms with E-state index in [2.05, 4.69) is 30.4 Å². The van der Waals surface area contributed by atoms with Gasteiger partial charge in [-0.25, -0.2) is 0 Å². The van der Waals surface area contributed by atoms with Crippen molar-refractivity contribution in [3.8, 4) is 0 Å². The van der Waals surface area contributed by atoms with Gasteiger partial charge in [0.1, 0.15) is 0 Å². The molecular weight excluding hydrogens is 276 g/mol. The van der Waals surface area contributed by atoms with Gasteiger partial charge >= 0.3 is 0 Å². The minimum absolute atomic E-state index is 0.572. The second-order valence-electron chi connectivity index (χ2n) is 4.66. The SMILES string of the molecule is Cc1ccc(C)c(CNc2ccccc2SC(F)F)c1. The van der Waals surface area contributed by atoms with E-state index in [1.165, 1.54) is 16.7 Å². The Morgan fingerprint density at radius 2 is 1.85 bits per heavy atom. The minimum Gasteiger partial charge on any atom is -0.380 e. The lowest BCUT2D eigenvalue weighted by Gasteiger charge is -2.13. The van der Waals surface area contributed by atoms with Gasteiger partial charge in [0, 0.05) is 17.1 Å². The van der Waals surface area contributed by atoms with Gasteiger partial charge in [0.25, 0.3) is 5.76 Å². The molecule has 0 saturated carbocycles. The summed E-state index contributed by atoms with van der Waals surface area (Å²) < 4.78 is 25.0. The number of aryl methyl sites for hydroxylation is 2. The average Bonchev–Trinajstić information content (AvgIpc) is 2.41. The summed E-state index contributed by atoms with van der Waals surface area (Å²) in [6.07, 6.45) is 0. The van der Waals surface area contributed by atoms with Gasteiger partial charge in [-0.3, -0.25) is 0 Å². The van der Waals surface area contributed by atoms with E-state index >= 15 is 0 Å². The van der Waals surface area contributed by atoms with Crippen LogP contribution >= 0.6 is 11.8 Å². The lowest BCUT2D eigenvalue weighted by Crippen LogP contribution is -2.03. The van der Waals surface area contributed by atoms with Crippen molar-refractivity contribution in [3.05, 3.63) is 59.2 Å². The van der Waals surface area contributed by atoms with Crippen LogP contribution in [-0.4, -0.2) is 5.76 Å². The molecule has 2 aromatic rings. The van der Waals surface area contributed by atoms with Gasteiger partial charge in [0.2, 0.25) is 0 Å². The van der Waals surface area contributed by atoms with E-state index in [4.69, 9.17) is 0 Å². The second-order valence-corrected chi connectivity index (χ2v) is 5.69. The van der Waals surface area contributed by atoms with Crippen LogP contribution in [0.5, 0.6) is 0 Å². The highest BCUT2D eigenvalue weighted by Crippen LogP contribution is 2.31. The molecule has 0 atom stereocenters. The van der Waals surface area contributed by atoms with E-state index in [9.17, 15) is 8.78 Å². The molecule has 1 N–H and O–H groups in total. The molecule has 0 aliphatic rings. The molecule has 2 aromatic carbocycles. The summed E-state index contributed by atoms with van der Waals surface area (Å²) in [7, 11) is 0. The number of rotatable bonds is 5. The van der Waals surface area contributed by atoms with Gasteiger partial charge in [-0.05, 0) is 37.1 Å². The van der Waals surface area contributed by atoms with Gasteiger partial charge in [-0.15, -0.1) is 0 Å². The molecule has 0 amide bonds. The molecular formula is C16H17F2NS. The Hall–Kier alpha value is -1.55. The van der Waals surface area contributed by atoms with Gasteiger partial charge in [0.15, 0.2) is 0 Å². The number of nitrogens with one attached hydrogen (secondary N) is 1. The van der Waals surface area contributed by atoms with Gasteiger partial charge in [-0.2, -0.15) is 8.78 Å². The Bertz CT molecular complexity index is 584. The lowest BCUT2D eigenvalue weighted by atomic mass is 10.1. The number of thioether (sulfide) groups is 1. The molecule has 0 aliphatic heterocycles. The largest absolute Gasteiger partial charge is 0.380 e. The fourth-order valence-electron chi connectivity index (χ4n) is 1.99. The fourth-order valence-corrected chi connectivity index (χ4v) is 2.61. The van der Waals surface area contributed by atoms with E-state index in [0.29, 0.717) is 23.2 Å². The van der Waals surface area contributed by atoms with Crippen LogP contribution in [0.25, 0.3) is 0 Å². The Balaban J connectivity index is 2.12. The highest BCUT2D eigenvalue weighted by Gasteiger charge is 2.09. The van der Waals surface area contributed by atoms with Crippen LogP contribution in [0, 0.1) is 13.8 Å². The van der Waals surface area contributed by atoms with Crippen LogP contribution in [0.1, 0.15) is 16.7 Å². The Morgan fingerprint density at radius 1 is 1.10 bits per heavy atom. The van der Waals surface area contributed by atoms with Gasteiger partial charge in [0.05, 0.1) is 0 Å². The molecule has 106 valence electrons. The number of anilines is 1. The zero-order chi connectivity index (χ0) is 14.5. The molecule has 2 rings (SSSR count). The van der Waals surface area contributed by atoms with Gasteiger partial charge < -0.3 is 5.32 Å². The van der Waals surface area contributed by atoms with Crippen molar-refractivity contribution in [2.24, 2.45) is 0 Å². The molecule has 0 fully saturated rings. The molecule has 0 radical (unpaired) electrons. The van der Waals surface area contributed by atoms with Crippen molar-refractivity contribution in [1.82, 2.24) is 0 Å². The minimum atomic E-state index is -2.40. The maximum Gasteiger partial charge on any atom is 0.288 e. The summed E-state index contributed by atoms with van der Waals surface area (Å²) in [5.41, 5.74) is 4.32. The highest BCUT2D eigenvalue weighted by molar-refractivity contribution is 7.99. The van der Waals surface area contributed by atoms with Crippen LogP contribution in [0.15, 0.2) is 47.4 Å². The molecule has 0 spiro atoms. The van der Waals surface area contributed by atoms with E-state index < -0.39 is 5.76 Å². The first kappa shape index (κ1) is 14.9. The van der Waals surface area contributed by atoms with Crippen molar-refractivity contribution in [2.75, 3.05) is 5.32 Å². The summed E-state index contributed by atoms with van der Waals surface area (Å²) in [6.45, 7) is 4.73. The molecule has 0 heterocycles. The van der Waals surface area contributed by atoms with Crippen molar-refractivity contribution < 1.29 is 8.78 Å². The average molecular weight is 293 g/mol. The second kappa shape index (κ2) is 6.75. The third-order valence-electron chi connectivity index (χ3n) is 3.08. The predicted octanol–water partition coefficient (Wildman–Crippen LogP) is 5.23. The first-order valence-corrected chi connectivity index (χ1v) is 7.28. The maximum atomic E-state index is 12.5. The molecule has 0 saturated heterocycles. The van der Waals surface area contributed by atoms with Crippen molar-refractivity contribution >= 4 is 17.4 Å². The monoisotopic (exact) mass is 293 g/mol. The first-order chi connectivity index (χ1) is 9.56. The highest BCUT2D eigenvalue weighted by atomic mass is 32.2. The van der Waals surface area contributed by atoms with Crippen molar-refractivity contribution in [3.63, 3.8) is 0 Å². The molecule has 20 heavy (non-hydrogen) atoms. The predicted molar refractivity (Wildman–Crippen MR) is 81.5 cm³/mol. The van der Waals surface area contributed by atoms with E-state index in [0.717, 1.165) is 5.69 Å². The van der Waals surface area contributed by atoms with E-state index in [-0.39, 0.29) is 0 Å². The first-order valence-electron chi connectivity index (χ1n) is 6.40. The van der Waals surface area contributed by atoms with Gasteiger partial charge in [-0.1, -0.05) is 47.7 Å². The van der Waals surface area contributed by atoms with Crippen LogP contribution < -0.4 is 5.32 Å². The number of hydrogen-bond donors (Lipinski definition) is 1. The van der Waals surface area contributed by atoms with Crippen LogP contribution in [0.2, 0.25) is 0 Å². The standard InChI is InChI=1S/C16H17F2NS/c1-11-7-8-12(2)13(9-11)10-19-14-5-3-4-6-15(14)20-16(17)18/h3-9,16,19H,10H2,1-2H3. The van der Waals surface area contributed by atoms with Crippen LogP contribution in [0.4, 0.5) is 14.5 Å². The number of benzene rings is 2. The van der Waals surface area contributed by atoms with E-state index in [1.807, 2.05) is 19.1 Å². The Kier molecular flexibility index (Phi) is 5.01. The topological polar surface area (TPSA) is 12.0 Å². The van der Waals surface area contributed by atoms with E-state index in [1.54, 1.807) is 12.1 Å². The summed E-state index contributed by atoms with van der Waals surface area (Å²) in [5, 5.41) is 3.25. The molecule has 0 bridgehead atoms. The quantitative estimate of drug-likeness (QED) is 0.757. The third kappa shape index (κ3) is 3.97. The third-order valence-corrected chi connectivity index (χ3v) is 3.87. The smallest absolute Gasteiger partial charge is 0.288 e. The summed E-state index contributed by atoms with van der Waals surface area (Å²) >= 11 is 0.572. The molecule has 0 aliphatic carbocycles. The Morgan fingerprint density at radius 3 is 2.60 bits per heavy atom. The van der Waals surface area contributed by atoms with Crippen molar-refractivity contribution in [1.29, 1.82) is 0 Å². The zero-order valence-electron chi connectivity index (χ0n) is 11.5. The summed E-state index contributed by atoms with van der Waals surface area (Å²) in [5.74, 6) is -2.40. The number of alkyl halides is 2. The number of halogens is 2. The summed E-state index contributed by atoms with van der Waals surface area (Å²) in [4.78, 5) is 0.577. The molecule has 1 nitrogen and oxygen atoms in total. The maximum absolute atomic E-state index is 12.5. The summed E-state index contributed by atoms with van der Waals surface area (Å²) in [6, 6.07) is 13.4. The molecule has 0 aromatic heterocycles. The Labute approximate surface area is 122 Å². The molecule has 0 unspecified atom stereocenters. The van der Waals surface area contributed by atoms with Crippen LogP contribution in [-0.2, 0) is 6.54 Å². The lowest BCUT2D eigenvalue weighted by molar-refractivity contribution is 0.252. The zero-order valence-corrected chi connectivity index (χ0v) is 12.3. The van der Waals surface area contributed by atoms with Crippen molar-refractivity contribution in [2.45, 2.75) is 31.0 Å².